The van der Waals surface area contributed by atoms with Crippen LogP contribution < -0.4 is 10.2 Å². The predicted molar refractivity (Wildman–Crippen MR) is 95.8 cm³/mol. The van der Waals surface area contributed by atoms with Crippen molar-refractivity contribution >= 4 is 23.7 Å². The number of hydrogen-bond acceptors (Lipinski definition) is 5. The van der Waals surface area contributed by atoms with Crippen LogP contribution in [0.5, 0.6) is 0 Å². The van der Waals surface area contributed by atoms with Crippen molar-refractivity contribution in [1.82, 2.24) is 19.8 Å². The number of carbonyl (C=O) groups is 3. The first-order chi connectivity index (χ1) is 12.1. The van der Waals surface area contributed by atoms with Crippen LogP contribution in [-0.4, -0.2) is 64.6 Å². The minimum Gasteiger partial charge on any atom is -0.444 e. The third-order valence-corrected chi connectivity index (χ3v) is 3.96. The lowest BCUT2D eigenvalue weighted by Gasteiger charge is -2.34. The third kappa shape index (κ3) is 4.96. The number of rotatable bonds is 4. The first kappa shape index (κ1) is 19.7. The molecule has 3 amide bonds. The first-order valence-corrected chi connectivity index (χ1v) is 8.62. The van der Waals surface area contributed by atoms with E-state index in [1.165, 1.54) is 4.90 Å². The van der Waals surface area contributed by atoms with Crippen LogP contribution in [0.3, 0.4) is 0 Å². The summed E-state index contributed by atoms with van der Waals surface area (Å²) in [6.07, 6.45) is 2.10. The highest BCUT2D eigenvalue weighted by atomic mass is 16.6. The normalized spacial score (nSPS) is 15.2. The SMILES string of the molecule is CNC(=O)CCc1nc(N2CCN(C(=O)OC(C)(C)C)CC2=O)cn1C. The van der Waals surface area contributed by atoms with E-state index in [0.29, 0.717) is 31.7 Å². The van der Waals surface area contributed by atoms with Gasteiger partial charge >= 0.3 is 6.09 Å². The van der Waals surface area contributed by atoms with E-state index in [-0.39, 0.29) is 18.4 Å². The average Bonchev–Trinajstić information content (AvgIpc) is 2.91. The third-order valence-electron chi connectivity index (χ3n) is 3.96. The molecule has 26 heavy (non-hydrogen) atoms. The Kier molecular flexibility index (Phi) is 5.89. The Hall–Kier alpha value is -2.58. The van der Waals surface area contributed by atoms with E-state index in [0.717, 1.165) is 5.82 Å². The number of anilines is 1. The van der Waals surface area contributed by atoms with Gasteiger partial charge in [-0.15, -0.1) is 0 Å². The van der Waals surface area contributed by atoms with Crippen LogP contribution in [0.25, 0.3) is 0 Å². The monoisotopic (exact) mass is 365 g/mol. The van der Waals surface area contributed by atoms with Crippen molar-refractivity contribution in [1.29, 1.82) is 0 Å². The van der Waals surface area contributed by atoms with Crippen molar-refractivity contribution in [2.75, 3.05) is 31.6 Å². The number of ether oxygens (including phenoxy) is 1. The van der Waals surface area contributed by atoms with Gasteiger partial charge < -0.3 is 14.6 Å². The van der Waals surface area contributed by atoms with Crippen molar-refractivity contribution in [2.45, 2.75) is 39.2 Å². The molecule has 9 heteroatoms. The molecule has 0 spiro atoms. The number of nitrogens with zero attached hydrogens (tertiary/aromatic N) is 4. The zero-order valence-electron chi connectivity index (χ0n) is 16.0. The second-order valence-electron chi connectivity index (χ2n) is 7.25. The Morgan fingerprint density at radius 2 is 2.00 bits per heavy atom. The Balaban J connectivity index is 2.00. The van der Waals surface area contributed by atoms with E-state index in [9.17, 15) is 14.4 Å². The Morgan fingerprint density at radius 3 is 2.58 bits per heavy atom. The van der Waals surface area contributed by atoms with Gasteiger partial charge in [0.2, 0.25) is 11.8 Å². The molecule has 1 aliphatic heterocycles. The number of imidazole rings is 1. The molecule has 1 aromatic heterocycles. The van der Waals surface area contributed by atoms with Crippen molar-refractivity contribution in [3.8, 4) is 0 Å². The Labute approximate surface area is 153 Å². The summed E-state index contributed by atoms with van der Waals surface area (Å²) < 4.78 is 7.12. The maximum atomic E-state index is 12.5. The molecule has 1 aliphatic rings. The maximum absolute atomic E-state index is 12.5. The molecule has 0 unspecified atom stereocenters. The summed E-state index contributed by atoms with van der Waals surface area (Å²) in [5.74, 6) is 0.994. The zero-order valence-corrected chi connectivity index (χ0v) is 16.0. The molecular formula is C17H27N5O4. The summed E-state index contributed by atoms with van der Waals surface area (Å²) in [7, 11) is 3.42. The van der Waals surface area contributed by atoms with Gasteiger partial charge in [-0.3, -0.25) is 19.4 Å². The fourth-order valence-electron chi connectivity index (χ4n) is 2.60. The summed E-state index contributed by atoms with van der Waals surface area (Å²) in [4.78, 5) is 43.4. The van der Waals surface area contributed by atoms with Gasteiger partial charge in [0.1, 0.15) is 18.0 Å². The van der Waals surface area contributed by atoms with E-state index in [1.54, 1.807) is 38.9 Å². The molecule has 0 atom stereocenters. The van der Waals surface area contributed by atoms with E-state index in [1.807, 2.05) is 11.6 Å². The van der Waals surface area contributed by atoms with E-state index < -0.39 is 11.7 Å². The van der Waals surface area contributed by atoms with E-state index in [2.05, 4.69) is 10.3 Å². The van der Waals surface area contributed by atoms with Gasteiger partial charge in [0.25, 0.3) is 0 Å². The highest BCUT2D eigenvalue weighted by molar-refractivity contribution is 5.96. The molecular weight excluding hydrogens is 338 g/mol. The molecule has 2 rings (SSSR count). The molecule has 9 nitrogen and oxygen atoms in total. The standard InChI is InChI=1S/C17H27N5O4/c1-17(2,3)26-16(25)21-8-9-22(15(24)11-21)13-10-20(5)12(19-13)6-7-14(23)18-4/h10H,6-9,11H2,1-5H3,(H,18,23). The Morgan fingerprint density at radius 1 is 1.31 bits per heavy atom. The quantitative estimate of drug-likeness (QED) is 0.846. The maximum Gasteiger partial charge on any atom is 0.410 e. The molecule has 1 aromatic rings. The van der Waals surface area contributed by atoms with Gasteiger partial charge in [0, 0.05) is 46.2 Å². The van der Waals surface area contributed by atoms with Crippen molar-refractivity contribution in [3.63, 3.8) is 0 Å². The minimum atomic E-state index is -0.599. The second kappa shape index (κ2) is 7.76. The summed E-state index contributed by atoms with van der Waals surface area (Å²) in [6, 6.07) is 0. The molecule has 144 valence electrons. The number of nitrogens with one attached hydrogen (secondary N) is 1. The number of hydrogen-bond donors (Lipinski definition) is 1. The number of piperazine rings is 1. The first-order valence-electron chi connectivity index (χ1n) is 8.62. The van der Waals surface area contributed by atoms with E-state index in [4.69, 9.17) is 4.74 Å². The van der Waals surface area contributed by atoms with Gasteiger partial charge in [-0.25, -0.2) is 9.78 Å². The molecule has 0 aliphatic carbocycles. The molecule has 0 radical (unpaired) electrons. The van der Waals surface area contributed by atoms with Gasteiger partial charge in [0.05, 0.1) is 0 Å². The fourth-order valence-corrected chi connectivity index (χ4v) is 2.60. The van der Waals surface area contributed by atoms with Crippen LogP contribution >= 0.6 is 0 Å². The molecule has 1 N–H and O–H groups in total. The lowest BCUT2D eigenvalue weighted by molar-refractivity contribution is -0.121. The molecule has 1 fully saturated rings. The fraction of sp³-hybridized carbons (Fsp3) is 0.647. The van der Waals surface area contributed by atoms with Crippen molar-refractivity contribution in [3.05, 3.63) is 12.0 Å². The summed E-state index contributed by atoms with van der Waals surface area (Å²) in [6.45, 7) is 6.05. The van der Waals surface area contributed by atoms with Gasteiger partial charge in [-0.1, -0.05) is 0 Å². The van der Waals surface area contributed by atoms with Crippen LogP contribution in [0.2, 0.25) is 0 Å². The summed E-state index contributed by atoms with van der Waals surface area (Å²) >= 11 is 0. The summed E-state index contributed by atoms with van der Waals surface area (Å²) in [5, 5.41) is 2.57. The molecule has 0 aromatic carbocycles. The van der Waals surface area contributed by atoms with Crippen molar-refractivity contribution in [2.24, 2.45) is 7.05 Å². The molecule has 0 saturated carbocycles. The Bertz CT molecular complexity index is 692. The highest BCUT2D eigenvalue weighted by Crippen LogP contribution is 2.19. The van der Waals surface area contributed by atoms with Gasteiger partial charge in [-0.2, -0.15) is 0 Å². The summed E-state index contributed by atoms with van der Waals surface area (Å²) in [5.41, 5.74) is -0.599. The van der Waals surface area contributed by atoms with Crippen LogP contribution in [0.4, 0.5) is 10.6 Å². The highest BCUT2D eigenvalue weighted by Gasteiger charge is 2.32. The van der Waals surface area contributed by atoms with E-state index >= 15 is 0 Å². The number of amides is 3. The largest absolute Gasteiger partial charge is 0.444 e. The minimum absolute atomic E-state index is 0.0426. The molecule has 1 saturated heterocycles. The molecule has 2 heterocycles. The van der Waals surface area contributed by atoms with Crippen LogP contribution in [0.15, 0.2) is 6.20 Å². The van der Waals surface area contributed by atoms with Crippen LogP contribution in [0, 0.1) is 0 Å². The zero-order chi connectivity index (χ0) is 19.5. The average molecular weight is 365 g/mol. The number of carbonyl (C=O) groups excluding carboxylic acids is 3. The lowest BCUT2D eigenvalue weighted by Crippen LogP contribution is -2.53. The number of aryl methyl sites for hydroxylation is 2. The second-order valence-corrected chi connectivity index (χ2v) is 7.25. The lowest BCUT2D eigenvalue weighted by atomic mass is 10.2. The van der Waals surface area contributed by atoms with Gasteiger partial charge in [-0.05, 0) is 20.8 Å². The van der Waals surface area contributed by atoms with Crippen molar-refractivity contribution < 1.29 is 19.1 Å². The van der Waals surface area contributed by atoms with Crippen LogP contribution in [0.1, 0.15) is 33.0 Å². The predicted octanol–water partition coefficient (Wildman–Crippen LogP) is 0.682. The molecule has 0 bridgehead atoms. The van der Waals surface area contributed by atoms with Crippen LogP contribution in [-0.2, 0) is 27.8 Å². The smallest absolute Gasteiger partial charge is 0.410 e. The van der Waals surface area contributed by atoms with Gasteiger partial charge in [0.15, 0.2) is 5.82 Å². The topological polar surface area (TPSA) is 96.8 Å². The number of aromatic nitrogens is 2.